The first-order valence-corrected chi connectivity index (χ1v) is 8.60. The molecule has 8 heteroatoms. The molecule has 0 radical (unpaired) electrons. The molecule has 7 nitrogen and oxygen atoms in total. The number of nitrogen functional groups attached to an aromatic ring is 1. The summed E-state index contributed by atoms with van der Waals surface area (Å²) in [5.41, 5.74) is 6.45. The fourth-order valence-corrected chi connectivity index (χ4v) is 2.77. The minimum atomic E-state index is -0.354. The molecule has 0 aliphatic carbocycles. The zero-order valence-corrected chi connectivity index (χ0v) is 15.0. The minimum absolute atomic E-state index is 0.104. The monoisotopic (exact) mass is 349 g/mol. The fourth-order valence-electron chi connectivity index (χ4n) is 1.95. The number of carbonyl (C=O) groups excluding carboxylic acids is 1. The highest BCUT2D eigenvalue weighted by molar-refractivity contribution is 7.99. The molecule has 1 amide bonds. The predicted octanol–water partition coefficient (Wildman–Crippen LogP) is 1.84. The average Bonchev–Trinajstić information content (AvgIpc) is 2.85. The number of ether oxygens (including phenoxy) is 1. The van der Waals surface area contributed by atoms with Crippen molar-refractivity contribution in [3.8, 4) is 5.75 Å². The van der Waals surface area contributed by atoms with Crippen molar-refractivity contribution < 1.29 is 9.53 Å². The van der Waals surface area contributed by atoms with Crippen LogP contribution in [-0.2, 0) is 16.8 Å². The Morgan fingerprint density at radius 2 is 1.92 bits per heavy atom. The second-order valence-corrected chi connectivity index (χ2v) is 7.46. The van der Waals surface area contributed by atoms with Gasteiger partial charge in [-0.2, -0.15) is 0 Å². The van der Waals surface area contributed by atoms with Gasteiger partial charge in [0.15, 0.2) is 5.82 Å². The van der Waals surface area contributed by atoms with Crippen LogP contribution in [0.1, 0.15) is 38.6 Å². The van der Waals surface area contributed by atoms with Crippen LogP contribution in [0.25, 0.3) is 0 Å². The van der Waals surface area contributed by atoms with Crippen molar-refractivity contribution in [2.24, 2.45) is 5.73 Å². The van der Waals surface area contributed by atoms with Crippen LogP contribution >= 0.6 is 11.8 Å². The summed E-state index contributed by atoms with van der Waals surface area (Å²) >= 11 is 1.33. The Morgan fingerprint density at radius 1 is 1.25 bits per heavy atom. The van der Waals surface area contributed by atoms with E-state index in [0.717, 1.165) is 5.75 Å². The van der Waals surface area contributed by atoms with E-state index in [-0.39, 0.29) is 24.3 Å². The normalized spacial score (nSPS) is 11.5. The average molecular weight is 349 g/mol. The van der Waals surface area contributed by atoms with Crippen molar-refractivity contribution in [2.45, 2.75) is 44.4 Å². The Labute approximate surface area is 145 Å². The number of rotatable bonds is 7. The van der Waals surface area contributed by atoms with Crippen LogP contribution in [0.2, 0.25) is 0 Å². The van der Waals surface area contributed by atoms with Gasteiger partial charge in [-0.15, -0.1) is 10.2 Å². The topological polar surface area (TPSA) is 109 Å². The summed E-state index contributed by atoms with van der Waals surface area (Å²) in [7, 11) is 0. The molecule has 0 spiro atoms. The van der Waals surface area contributed by atoms with E-state index in [1.54, 1.807) is 0 Å². The van der Waals surface area contributed by atoms with Crippen molar-refractivity contribution in [1.29, 1.82) is 0 Å². The van der Waals surface area contributed by atoms with E-state index < -0.39 is 0 Å². The lowest BCUT2D eigenvalue weighted by Crippen LogP contribution is -2.16. The van der Waals surface area contributed by atoms with Gasteiger partial charge in [-0.05, 0) is 23.1 Å². The maximum atomic E-state index is 10.7. The Morgan fingerprint density at radius 3 is 2.50 bits per heavy atom. The quantitative estimate of drug-likeness (QED) is 0.583. The van der Waals surface area contributed by atoms with Crippen molar-refractivity contribution >= 4 is 17.7 Å². The van der Waals surface area contributed by atoms with Crippen LogP contribution in [0.15, 0.2) is 29.4 Å². The van der Waals surface area contributed by atoms with Crippen molar-refractivity contribution in [1.82, 2.24) is 14.9 Å². The molecule has 0 bridgehead atoms. The number of hydrogen-bond acceptors (Lipinski definition) is 6. The Bertz CT molecular complexity index is 691. The third-order valence-electron chi connectivity index (χ3n) is 3.40. The van der Waals surface area contributed by atoms with Gasteiger partial charge in [0, 0.05) is 12.2 Å². The van der Waals surface area contributed by atoms with Gasteiger partial charge < -0.3 is 16.3 Å². The van der Waals surface area contributed by atoms with E-state index in [1.807, 2.05) is 24.3 Å². The van der Waals surface area contributed by atoms with Gasteiger partial charge in [0.1, 0.15) is 12.4 Å². The van der Waals surface area contributed by atoms with Gasteiger partial charge in [-0.1, -0.05) is 44.7 Å². The number of hydrogen-bond donors (Lipinski definition) is 2. The molecule has 130 valence electrons. The predicted molar refractivity (Wildman–Crippen MR) is 94.2 cm³/mol. The van der Waals surface area contributed by atoms with Crippen LogP contribution in [0.4, 0.5) is 0 Å². The van der Waals surface area contributed by atoms with E-state index in [9.17, 15) is 4.79 Å². The van der Waals surface area contributed by atoms with Crippen LogP contribution in [-0.4, -0.2) is 26.5 Å². The van der Waals surface area contributed by atoms with Crippen molar-refractivity contribution in [3.05, 3.63) is 35.7 Å². The van der Waals surface area contributed by atoms with Gasteiger partial charge in [0.25, 0.3) is 0 Å². The summed E-state index contributed by atoms with van der Waals surface area (Å²) in [6.45, 7) is 6.71. The highest BCUT2D eigenvalue weighted by atomic mass is 32.2. The van der Waals surface area contributed by atoms with Gasteiger partial charge in [0.05, 0.1) is 0 Å². The van der Waals surface area contributed by atoms with Gasteiger partial charge in [-0.3, -0.25) is 4.79 Å². The van der Waals surface area contributed by atoms with Crippen LogP contribution in [0.3, 0.4) is 0 Å². The van der Waals surface area contributed by atoms with Gasteiger partial charge in [0.2, 0.25) is 11.1 Å². The van der Waals surface area contributed by atoms with Crippen molar-refractivity contribution in [3.63, 3.8) is 0 Å². The summed E-state index contributed by atoms with van der Waals surface area (Å²) in [4.78, 5) is 10.7. The second kappa shape index (κ2) is 7.57. The van der Waals surface area contributed by atoms with E-state index in [1.165, 1.54) is 22.0 Å². The first-order chi connectivity index (χ1) is 11.3. The number of primary amides is 1. The summed E-state index contributed by atoms with van der Waals surface area (Å²) in [6.07, 6.45) is 0.267. The van der Waals surface area contributed by atoms with E-state index in [4.69, 9.17) is 16.3 Å². The molecule has 0 unspecified atom stereocenters. The molecular formula is C16H23N5O2S. The Kier molecular flexibility index (Phi) is 5.71. The molecule has 0 aliphatic heterocycles. The molecule has 0 fully saturated rings. The smallest absolute Gasteiger partial charge is 0.218 e. The zero-order chi connectivity index (χ0) is 17.7. The zero-order valence-electron chi connectivity index (χ0n) is 14.2. The maximum Gasteiger partial charge on any atom is 0.218 e. The van der Waals surface area contributed by atoms with Gasteiger partial charge >= 0.3 is 0 Å². The van der Waals surface area contributed by atoms with Crippen LogP contribution in [0, 0.1) is 0 Å². The SMILES string of the molecule is CC(C)(C)c1ccc(OCc2nnc(SCCC(N)=O)n2N)cc1. The molecule has 0 atom stereocenters. The van der Waals surface area contributed by atoms with Gasteiger partial charge in [-0.25, -0.2) is 4.68 Å². The molecule has 0 aliphatic rings. The van der Waals surface area contributed by atoms with E-state index in [0.29, 0.717) is 16.7 Å². The Hall–Kier alpha value is -2.22. The molecule has 2 aromatic rings. The van der Waals surface area contributed by atoms with E-state index >= 15 is 0 Å². The highest BCUT2D eigenvalue weighted by Gasteiger charge is 2.14. The molecular weight excluding hydrogens is 326 g/mol. The van der Waals surface area contributed by atoms with Crippen LogP contribution < -0.4 is 16.3 Å². The third kappa shape index (κ3) is 4.89. The molecule has 0 saturated carbocycles. The Balaban J connectivity index is 1.92. The lowest BCUT2D eigenvalue weighted by Gasteiger charge is -2.19. The molecule has 24 heavy (non-hydrogen) atoms. The molecule has 4 N–H and O–H groups in total. The van der Waals surface area contributed by atoms with Crippen molar-refractivity contribution in [2.75, 3.05) is 11.6 Å². The summed E-state index contributed by atoms with van der Waals surface area (Å²) in [5.74, 6) is 7.36. The minimum Gasteiger partial charge on any atom is -0.486 e. The fraction of sp³-hybridized carbons (Fsp3) is 0.438. The molecule has 1 heterocycles. The van der Waals surface area contributed by atoms with Crippen LogP contribution in [0.5, 0.6) is 5.75 Å². The number of carbonyl (C=O) groups is 1. The summed E-state index contributed by atoms with van der Waals surface area (Å²) < 4.78 is 7.08. The molecule has 1 aromatic heterocycles. The lowest BCUT2D eigenvalue weighted by atomic mass is 9.87. The number of benzene rings is 1. The molecule has 2 rings (SSSR count). The molecule has 1 aromatic carbocycles. The number of aromatic nitrogens is 3. The number of thioether (sulfide) groups is 1. The summed E-state index contributed by atoms with van der Waals surface area (Å²) in [5, 5.41) is 8.53. The number of nitrogens with two attached hydrogens (primary N) is 2. The maximum absolute atomic E-state index is 10.7. The first-order valence-electron chi connectivity index (χ1n) is 7.61. The number of amides is 1. The molecule has 0 saturated heterocycles. The highest BCUT2D eigenvalue weighted by Crippen LogP contribution is 2.24. The third-order valence-corrected chi connectivity index (χ3v) is 4.35. The van der Waals surface area contributed by atoms with E-state index in [2.05, 4.69) is 31.0 Å². The largest absolute Gasteiger partial charge is 0.486 e. The summed E-state index contributed by atoms with van der Waals surface area (Å²) in [6, 6.07) is 7.96. The first kappa shape index (κ1) is 18.1. The standard InChI is InChI=1S/C16H23N5O2S/c1-16(2,3)11-4-6-12(7-5-11)23-10-14-19-20-15(21(14)18)24-9-8-13(17)22/h4-7H,8-10,18H2,1-3H3,(H2,17,22). The number of nitrogens with zero attached hydrogens (tertiary/aromatic N) is 3. The second-order valence-electron chi connectivity index (χ2n) is 6.40. The lowest BCUT2D eigenvalue weighted by molar-refractivity contribution is -0.117.